The number of halogens is 3. The van der Waals surface area contributed by atoms with Crippen molar-refractivity contribution in [3.8, 4) is 0 Å². The predicted molar refractivity (Wildman–Crippen MR) is 37.1 cm³/mol. The summed E-state index contributed by atoms with van der Waals surface area (Å²) in [5.74, 6) is 0. The molecule has 5 heteroatoms. The summed E-state index contributed by atoms with van der Waals surface area (Å²) >= 11 is 0. The van der Waals surface area contributed by atoms with Crippen LogP contribution in [0.2, 0.25) is 0 Å². The van der Waals surface area contributed by atoms with Gasteiger partial charge in [-0.15, -0.1) is 0 Å². The lowest BCUT2D eigenvalue weighted by molar-refractivity contribution is -0.0790. The summed E-state index contributed by atoms with van der Waals surface area (Å²) in [5.41, 5.74) is 0.190. The summed E-state index contributed by atoms with van der Waals surface area (Å²) in [6, 6.07) is 0. The Morgan fingerprint density at radius 2 is 2.00 bits per heavy atom. The maximum atomic E-state index is 11.6. The van der Waals surface area contributed by atoms with Crippen LogP contribution in [0.4, 0.5) is 13.2 Å². The number of hydrogen-bond acceptors (Lipinski definition) is 2. The molecule has 1 rings (SSSR count). The van der Waals surface area contributed by atoms with Gasteiger partial charge in [-0.2, -0.15) is 13.2 Å². The van der Waals surface area contributed by atoms with E-state index in [1.165, 1.54) is 18.6 Å². The summed E-state index contributed by atoms with van der Waals surface area (Å²) in [6.07, 6.45) is 0.671. The number of aromatic nitrogens is 2. The highest BCUT2D eigenvalue weighted by atomic mass is 19.4. The molecule has 0 saturated heterocycles. The van der Waals surface area contributed by atoms with E-state index >= 15 is 0 Å². The van der Waals surface area contributed by atoms with Gasteiger partial charge in [-0.3, -0.25) is 9.97 Å². The Morgan fingerprint density at radius 3 is 2.50 bits per heavy atom. The van der Waals surface area contributed by atoms with Crippen molar-refractivity contribution in [1.29, 1.82) is 0 Å². The first-order valence-corrected chi connectivity index (χ1v) is 3.10. The van der Waals surface area contributed by atoms with Gasteiger partial charge in [0.2, 0.25) is 0 Å². The molecule has 0 aromatic carbocycles. The fraction of sp³-hybridized carbons (Fsp3) is 0.143. The fourth-order valence-corrected chi connectivity index (χ4v) is 0.577. The molecule has 12 heavy (non-hydrogen) atoms. The van der Waals surface area contributed by atoms with Gasteiger partial charge in [-0.05, 0) is 6.08 Å². The van der Waals surface area contributed by atoms with E-state index in [9.17, 15) is 13.2 Å². The summed E-state index contributed by atoms with van der Waals surface area (Å²) in [6.45, 7) is 0. The third kappa shape index (κ3) is 3.14. The zero-order valence-corrected chi connectivity index (χ0v) is 5.92. The van der Waals surface area contributed by atoms with Crippen molar-refractivity contribution >= 4 is 6.08 Å². The van der Waals surface area contributed by atoms with Gasteiger partial charge in [0.1, 0.15) is 0 Å². The number of alkyl halides is 3. The van der Waals surface area contributed by atoms with Crippen LogP contribution in [0.5, 0.6) is 0 Å². The molecule has 0 aliphatic carbocycles. The van der Waals surface area contributed by atoms with Gasteiger partial charge < -0.3 is 0 Å². The van der Waals surface area contributed by atoms with E-state index < -0.39 is 6.18 Å². The molecule has 1 aromatic rings. The highest BCUT2D eigenvalue weighted by molar-refractivity contribution is 5.43. The molecule has 0 bridgehead atoms. The molecule has 1 heterocycles. The summed E-state index contributed by atoms with van der Waals surface area (Å²) in [4.78, 5) is 7.24. The lowest BCUT2D eigenvalue weighted by Gasteiger charge is -1.96. The average molecular weight is 174 g/mol. The third-order valence-electron chi connectivity index (χ3n) is 1.03. The first-order chi connectivity index (χ1) is 5.58. The summed E-state index contributed by atoms with van der Waals surface area (Å²) in [5, 5.41) is 0. The van der Waals surface area contributed by atoms with Crippen LogP contribution >= 0.6 is 0 Å². The molecule has 0 saturated carbocycles. The normalized spacial score (nSPS) is 12.2. The van der Waals surface area contributed by atoms with E-state index in [0.29, 0.717) is 0 Å². The van der Waals surface area contributed by atoms with Crippen molar-refractivity contribution in [2.75, 3.05) is 0 Å². The SMILES string of the molecule is FC(F)(F)C=Cc1cnccn1. The van der Waals surface area contributed by atoms with E-state index in [1.807, 2.05) is 0 Å². The molecule has 1 aromatic heterocycles. The van der Waals surface area contributed by atoms with Crippen molar-refractivity contribution in [2.45, 2.75) is 6.18 Å². The highest BCUT2D eigenvalue weighted by Crippen LogP contribution is 2.17. The standard InChI is InChI=1S/C7H5F3N2/c8-7(9,10)2-1-6-5-11-3-4-12-6/h1-5H. The Balaban J connectivity index is 2.71. The first-order valence-electron chi connectivity index (χ1n) is 3.10. The molecule has 0 spiro atoms. The van der Waals surface area contributed by atoms with Gasteiger partial charge in [0.15, 0.2) is 0 Å². The van der Waals surface area contributed by atoms with E-state index in [4.69, 9.17) is 0 Å². The van der Waals surface area contributed by atoms with Gasteiger partial charge in [0.25, 0.3) is 0 Å². The van der Waals surface area contributed by atoms with Crippen LogP contribution in [0.3, 0.4) is 0 Å². The molecule has 0 fully saturated rings. The van der Waals surface area contributed by atoms with Crippen LogP contribution in [0, 0.1) is 0 Å². The Morgan fingerprint density at radius 1 is 1.25 bits per heavy atom. The van der Waals surface area contributed by atoms with E-state index in [0.717, 1.165) is 6.08 Å². The van der Waals surface area contributed by atoms with Crippen LogP contribution in [0.1, 0.15) is 5.69 Å². The van der Waals surface area contributed by atoms with Gasteiger partial charge in [0.05, 0.1) is 11.9 Å². The quantitative estimate of drug-likeness (QED) is 0.651. The Kier molecular flexibility index (Phi) is 2.42. The van der Waals surface area contributed by atoms with Gasteiger partial charge >= 0.3 is 6.18 Å². The molecule has 64 valence electrons. The van der Waals surface area contributed by atoms with E-state index in [2.05, 4.69) is 9.97 Å². The smallest absolute Gasteiger partial charge is 0.261 e. The molecule has 0 aliphatic heterocycles. The minimum atomic E-state index is -4.29. The van der Waals surface area contributed by atoms with Gasteiger partial charge in [0, 0.05) is 18.5 Å². The lowest BCUT2D eigenvalue weighted by atomic mass is 10.4. The zero-order chi connectivity index (χ0) is 9.03. The molecule has 0 atom stereocenters. The minimum Gasteiger partial charge on any atom is -0.261 e. The maximum absolute atomic E-state index is 11.6. The van der Waals surface area contributed by atoms with E-state index in [1.54, 1.807) is 0 Å². The second-order valence-electron chi connectivity index (χ2n) is 2.01. The zero-order valence-electron chi connectivity index (χ0n) is 5.92. The Hall–Kier alpha value is -1.39. The molecule has 0 radical (unpaired) electrons. The number of hydrogen-bond donors (Lipinski definition) is 0. The number of nitrogens with zero attached hydrogens (tertiary/aromatic N) is 2. The van der Waals surface area contributed by atoms with Gasteiger partial charge in [-0.1, -0.05) is 0 Å². The topological polar surface area (TPSA) is 25.8 Å². The van der Waals surface area contributed by atoms with Crippen LogP contribution < -0.4 is 0 Å². The van der Waals surface area contributed by atoms with Crippen molar-refractivity contribution in [3.05, 3.63) is 30.4 Å². The molecular weight excluding hydrogens is 169 g/mol. The lowest BCUT2D eigenvalue weighted by Crippen LogP contribution is -2.00. The Bertz CT molecular complexity index is 266. The average Bonchev–Trinajstić information content (AvgIpc) is 2.02. The monoisotopic (exact) mass is 174 g/mol. The van der Waals surface area contributed by atoms with Crippen LogP contribution in [-0.4, -0.2) is 16.1 Å². The second-order valence-corrected chi connectivity index (χ2v) is 2.01. The largest absolute Gasteiger partial charge is 0.409 e. The molecule has 0 N–H and O–H groups in total. The highest BCUT2D eigenvalue weighted by Gasteiger charge is 2.21. The van der Waals surface area contributed by atoms with Crippen molar-refractivity contribution in [1.82, 2.24) is 9.97 Å². The number of allylic oxidation sites excluding steroid dienone is 1. The van der Waals surface area contributed by atoms with Crippen LogP contribution in [-0.2, 0) is 0 Å². The molecule has 2 nitrogen and oxygen atoms in total. The van der Waals surface area contributed by atoms with Crippen molar-refractivity contribution < 1.29 is 13.2 Å². The first kappa shape index (κ1) is 8.70. The predicted octanol–water partition coefficient (Wildman–Crippen LogP) is 2.05. The Labute approximate surface area is 66.8 Å². The summed E-state index contributed by atoms with van der Waals surface area (Å²) in [7, 11) is 0. The molecule has 0 unspecified atom stereocenters. The van der Waals surface area contributed by atoms with Gasteiger partial charge in [-0.25, -0.2) is 0 Å². The molecular formula is C7H5F3N2. The van der Waals surface area contributed by atoms with Crippen molar-refractivity contribution in [2.24, 2.45) is 0 Å². The van der Waals surface area contributed by atoms with Crippen LogP contribution in [0.15, 0.2) is 24.7 Å². The third-order valence-corrected chi connectivity index (χ3v) is 1.03. The minimum absolute atomic E-state index is 0.122. The molecule has 0 amide bonds. The van der Waals surface area contributed by atoms with E-state index in [-0.39, 0.29) is 11.8 Å². The maximum Gasteiger partial charge on any atom is 0.409 e. The van der Waals surface area contributed by atoms with Crippen molar-refractivity contribution in [3.63, 3.8) is 0 Å². The second kappa shape index (κ2) is 3.34. The summed E-state index contributed by atoms with van der Waals surface area (Å²) < 4.78 is 34.8. The molecule has 0 aliphatic rings. The number of rotatable bonds is 1. The fourth-order valence-electron chi connectivity index (χ4n) is 0.577. The van der Waals surface area contributed by atoms with Crippen LogP contribution in [0.25, 0.3) is 6.08 Å².